The third-order valence-corrected chi connectivity index (χ3v) is 3.90. The molecule has 22 heavy (non-hydrogen) atoms. The lowest BCUT2D eigenvalue weighted by Crippen LogP contribution is -2.14. The van der Waals surface area contributed by atoms with Crippen LogP contribution < -0.4 is 5.32 Å². The molecule has 0 saturated carbocycles. The van der Waals surface area contributed by atoms with Crippen molar-refractivity contribution in [3.05, 3.63) is 67.3 Å². The van der Waals surface area contributed by atoms with Crippen LogP contribution in [0.1, 0.15) is 27.6 Å². The lowest BCUT2D eigenvalue weighted by molar-refractivity contribution is -0.384. The van der Waals surface area contributed by atoms with Crippen molar-refractivity contribution in [2.75, 3.05) is 5.32 Å². The number of carbonyl (C=O) groups excluding carboxylic acids is 2. The van der Waals surface area contributed by atoms with E-state index in [0.717, 1.165) is 0 Å². The van der Waals surface area contributed by atoms with Crippen LogP contribution in [0.4, 0.5) is 11.4 Å². The first-order valence-electron chi connectivity index (χ1n) is 6.25. The topological polar surface area (TPSA) is 89.3 Å². The van der Waals surface area contributed by atoms with Crippen LogP contribution in [0.3, 0.4) is 0 Å². The number of halogens is 1. The lowest BCUT2D eigenvalue weighted by Gasteiger charge is -2.07. The second kappa shape index (κ2) is 6.65. The molecule has 7 heteroatoms. The Morgan fingerprint density at radius 2 is 1.77 bits per heavy atom. The van der Waals surface area contributed by atoms with Crippen molar-refractivity contribution < 1.29 is 14.5 Å². The van der Waals surface area contributed by atoms with Gasteiger partial charge in [0.1, 0.15) is 0 Å². The van der Waals surface area contributed by atoms with E-state index in [0.29, 0.717) is 14.8 Å². The number of ketones is 1. The van der Waals surface area contributed by atoms with Gasteiger partial charge in [0.2, 0.25) is 0 Å². The van der Waals surface area contributed by atoms with Crippen molar-refractivity contribution in [3.8, 4) is 0 Å². The molecule has 1 amide bonds. The van der Waals surface area contributed by atoms with Crippen molar-refractivity contribution in [3.63, 3.8) is 0 Å². The number of benzene rings is 2. The predicted molar refractivity (Wildman–Crippen MR) is 90.2 cm³/mol. The molecular weight excluding hydrogens is 399 g/mol. The van der Waals surface area contributed by atoms with Gasteiger partial charge in [0.05, 0.1) is 10.5 Å². The standard InChI is InChI=1S/C15H11IN2O4/c1-9(19)10-2-4-11(5-3-10)17-15(20)13-8-12(18(21)22)6-7-14(13)16/h2-8H,1H3,(H,17,20). The molecule has 0 heterocycles. The smallest absolute Gasteiger partial charge is 0.270 e. The first kappa shape index (κ1) is 16.1. The Kier molecular flexibility index (Phi) is 4.86. The van der Waals surface area contributed by atoms with Gasteiger partial charge in [-0.05, 0) is 59.8 Å². The highest BCUT2D eigenvalue weighted by Gasteiger charge is 2.15. The molecule has 2 rings (SSSR count). The van der Waals surface area contributed by atoms with Crippen molar-refractivity contribution in [1.29, 1.82) is 0 Å². The summed E-state index contributed by atoms with van der Waals surface area (Å²) in [5.41, 5.74) is 1.14. The van der Waals surface area contributed by atoms with Crippen LogP contribution in [-0.2, 0) is 0 Å². The van der Waals surface area contributed by atoms with E-state index >= 15 is 0 Å². The third-order valence-electron chi connectivity index (χ3n) is 2.95. The molecular formula is C15H11IN2O4. The summed E-state index contributed by atoms with van der Waals surface area (Å²) in [6, 6.07) is 10.5. The molecule has 2 aromatic carbocycles. The summed E-state index contributed by atoms with van der Waals surface area (Å²) in [5, 5.41) is 13.4. The fraction of sp³-hybridized carbons (Fsp3) is 0.0667. The SMILES string of the molecule is CC(=O)c1ccc(NC(=O)c2cc([N+](=O)[O-])ccc2I)cc1. The van der Waals surface area contributed by atoms with E-state index in [1.54, 1.807) is 24.3 Å². The maximum Gasteiger partial charge on any atom is 0.270 e. The number of nitro groups is 1. The van der Waals surface area contributed by atoms with Gasteiger partial charge in [-0.25, -0.2) is 0 Å². The summed E-state index contributed by atoms with van der Waals surface area (Å²) in [6.45, 7) is 1.46. The zero-order valence-electron chi connectivity index (χ0n) is 11.5. The van der Waals surface area contributed by atoms with E-state index in [1.807, 2.05) is 22.6 Å². The third kappa shape index (κ3) is 3.67. The van der Waals surface area contributed by atoms with Gasteiger partial charge >= 0.3 is 0 Å². The van der Waals surface area contributed by atoms with Gasteiger partial charge in [-0.1, -0.05) is 0 Å². The van der Waals surface area contributed by atoms with E-state index in [2.05, 4.69) is 5.32 Å². The lowest BCUT2D eigenvalue weighted by atomic mass is 10.1. The average Bonchev–Trinajstić information content (AvgIpc) is 2.47. The largest absolute Gasteiger partial charge is 0.322 e. The van der Waals surface area contributed by atoms with E-state index in [1.165, 1.54) is 25.1 Å². The molecule has 1 N–H and O–H groups in total. The number of rotatable bonds is 4. The van der Waals surface area contributed by atoms with Crippen molar-refractivity contribution >= 4 is 45.7 Å². The Balaban J connectivity index is 2.23. The Morgan fingerprint density at radius 3 is 2.32 bits per heavy atom. The number of nitro benzene ring substituents is 1. The molecule has 0 bridgehead atoms. The molecule has 2 aromatic rings. The quantitative estimate of drug-likeness (QED) is 0.361. The second-order valence-electron chi connectivity index (χ2n) is 4.51. The van der Waals surface area contributed by atoms with Crippen LogP contribution in [0.2, 0.25) is 0 Å². The van der Waals surface area contributed by atoms with Gasteiger partial charge in [0.15, 0.2) is 5.78 Å². The molecule has 0 radical (unpaired) electrons. The number of hydrogen-bond donors (Lipinski definition) is 1. The molecule has 0 fully saturated rings. The minimum absolute atomic E-state index is 0.0638. The number of nitrogens with one attached hydrogen (secondary N) is 1. The van der Waals surface area contributed by atoms with Gasteiger partial charge in [-0.2, -0.15) is 0 Å². The van der Waals surface area contributed by atoms with Crippen LogP contribution in [0, 0.1) is 13.7 Å². The molecule has 0 aromatic heterocycles. The molecule has 0 aliphatic carbocycles. The Morgan fingerprint density at radius 1 is 1.14 bits per heavy atom. The number of carbonyl (C=O) groups is 2. The molecule has 0 saturated heterocycles. The van der Waals surface area contributed by atoms with Crippen LogP contribution >= 0.6 is 22.6 Å². The maximum atomic E-state index is 12.2. The molecule has 0 aliphatic heterocycles. The average molecular weight is 410 g/mol. The predicted octanol–water partition coefficient (Wildman–Crippen LogP) is 3.65. The number of hydrogen-bond acceptors (Lipinski definition) is 4. The molecule has 6 nitrogen and oxygen atoms in total. The van der Waals surface area contributed by atoms with Crippen LogP contribution in [0.15, 0.2) is 42.5 Å². The molecule has 0 unspecified atom stereocenters. The molecule has 112 valence electrons. The number of nitrogens with zero attached hydrogens (tertiary/aromatic N) is 1. The van der Waals surface area contributed by atoms with Crippen molar-refractivity contribution in [2.24, 2.45) is 0 Å². The van der Waals surface area contributed by atoms with Crippen molar-refractivity contribution in [2.45, 2.75) is 6.92 Å². The van der Waals surface area contributed by atoms with Crippen LogP contribution in [-0.4, -0.2) is 16.6 Å². The summed E-state index contributed by atoms with van der Waals surface area (Å²) < 4.78 is 0.612. The minimum Gasteiger partial charge on any atom is -0.322 e. The summed E-state index contributed by atoms with van der Waals surface area (Å²) in [5.74, 6) is -0.505. The molecule has 0 spiro atoms. The van der Waals surface area contributed by atoms with E-state index in [-0.39, 0.29) is 17.0 Å². The number of non-ortho nitro benzene ring substituents is 1. The Bertz CT molecular complexity index is 757. The van der Waals surface area contributed by atoms with Crippen molar-refractivity contribution in [1.82, 2.24) is 0 Å². The first-order chi connectivity index (χ1) is 10.4. The van der Waals surface area contributed by atoms with E-state index < -0.39 is 10.8 Å². The summed E-state index contributed by atoms with van der Waals surface area (Å²) in [7, 11) is 0. The fourth-order valence-electron chi connectivity index (χ4n) is 1.79. The molecule has 0 aliphatic rings. The van der Waals surface area contributed by atoms with Gasteiger partial charge in [-0.15, -0.1) is 0 Å². The van der Waals surface area contributed by atoms with Crippen LogP contribution in [0.5, 0.6) is 0 Å². The highest BCUT2D eigenvalue weighted by Crippen LogP contribution is 2.21. The normalized spacial score (nSPS) is 10.1. The fourth-order valence-corrected chi connectivity index (χ4v) is 2.37. The highest BCUT2D eigenvalue weighted by molar-refractivity contribution is 14.1. The summed E-state index contributed by atoms with van der Waals surface area (Å²) in [4.78, 5) is 33.7. The van der Waals surface area contributed by atoms with Gasteiger partial charge < -0.3 is 5.32 Å². The Labute approximate surface area is 139 Å². The number of anilines is 1. The monoisotopic (exact) mass is 410 g/mol. The van der Waals surface area contributed by atoms with Crippen LogP contribution in [0.25, 0.3) is 0 Å². The van der Waals surface area contributed by atoms with Gasteiger partial charge in [-0.3, -0.25) is 19.7 Å². The maximum absolute atomic E-state index is 12.2. The number of Topliss-reactive ketones (excluding diaryl/α,β-unsaturated/α-hetero) is 1. The zero-order chi connectivity index (χ0) is 16.3. The Hall–Kier alpha value is -2.29. The zero-order valence-corrected chi connectivity index (χ0v) is 13.7. The summed E-state index contributed by atoms with van der Waals surface area (Å²) >= 11 is 1.94. The van der Waals surface area contributed by atoms with E-state index in [4.69, 9.17) is 0 Å². The summed E-state index contributed by atoms with van der Waals surface area (Å²) in [6.07, 6.45) is 0. The first-order valence-corrected chi connectivity index (χ1v) is 7.32. The highest BCUT2D eigenvalue weighted by atomic mass is 127. The second-order valence-corrected chi connectivity index (χ2v) is 5.67. The minimum atomic E-state index is -0.547. The van der Waals surface area contributed by atoms with Gasteiger partial charge in [0, 0.05) is 27.0 Å². The van der Waals surface area contributed by atoms with Gasteiger partial charge in [0.25, 0.3) is 11.6 Å². The number of amides is 1. The molecule has 0 atom stereocenters. The van der Waals surface area contributed by atoms with E-state index in [9.17, 15) is 19.7 Å².